The largest absolute Gasteiger partial charge is 0.285 e. The summed E-state index contributed by atoms with van der Waals surface area (Å²) < 4.78 is 24.0. The summed E-state index contributed by atoms with van der Waals surface area (Å²) in [6.45, 7) is 0. The Morgan fingerprint density at radius 2 is 1.55 bits per heavy atom. The summed E-state index contributed by atoms with van der Waals surface area (Å²) in [6.07, 6.45) is 3.50. The van der Waals surface area contributed by atoms with Crippen LogP contribution in [-0.4, -0.2) is 18.3 Å². The van der Waals surface area contributed by atoms with Crippen molar-refractivity contribution in [2.75, 3.05) is 0 Å². The lowest BCUT2D eigenvalue weighted by Gasteiger charge is -1.73. The van der Waals surface area contributed by atoms with Crippen molar-refractivity contribution < 1.29 is 13.3 Å². The van der Waals surface area contributed by atoms with Gasteiger partial charge in [0.25, 0.3) is 9.05 Å². The highest BCUT2D eigenvalue weighted by Gasteiger charge is 1.78. The molecule has 2 N–H and O–H groups in total. The molecule has 0 amide bonds. The lowest BCUT2D eigenvalue weighted by molar-refractivity contribution is 0.450. The topological polar surface area (TPSA) is 70.4 Å². The van der Waals surface area contributed by atoms with Crippen LogP contribution in [0.4, 0.5) is 0 Å². The van der Waals surface area contributed by atoms with Gasteiger partial charge in [0.1, 0.15) is 0 Å². The predicted molar refractivity (Wildman–Crippen MR) is 45.0 cm³/mol. The van der Waals surface area contributed by atoms with Crippen LogP contribution in [0.2, 0.25) is 0 Å². The normalized spacial score (nSPS) is 9.64. The first-order valence-electron chi connectivity index (χ1n) is 2.55. The molecule has 0 aromatic carbocycles. The molecule has 0 aliphatic heterocycles. The van der Waals surface area contributed by atoms with Crippen LogP contribution in [0.1, 0.15) is 0 Å². The molecule has 1 heterocycles. The first kappa shape index (κ1) is 10.4. The highest BCUT2D eigenvalue weighted by molar-refractivity contribution is 8.26. The Labute approximate surface area is 69.6 Å². The highest BCUT2D eigenvalue weighted by Crippen LogP contribution is 1.73. The summed E-state index contributed by atoms with van der Waals surface area (Å²) in [5.74, 6) is 0. The predicted octanol–water partition coefficient (Wildman–Crippen LogP) is 0.760. The quantitative estimate of drug-likeness (QED) is 0.636. The molecule has 0 radical (unpaired) electrons. The van der Waals surface area contributed by atoms with Crippen LogP contribution < -0.4 is 0 Å². The van der Waals surface area contributed by atoms with E-state index in [-0.39, 0.29) is 0 Å². The van der Waals surface area contributed by atoms with Crippen LogP contribution in [0, 0.1) is 0 Å². The molecule has 1 rings (SSSR count). The summed E-state index contributed by atoms with van der Waals surface area (Å²) in [5.41, 5.74) is 0. The molecule has 0 bridgehead atoms. The van der Waals surface area contributed by atoms with Gasteiger partial charge in [-0.05, 0) is 12.1 Å². The lowest BCUT2D eigenvalue weighted by Crippen LogP contribution is -1.86. The third-order valence-electron chi connectivity index (χ3n) is 0.566. The second-order valence-electron chi connectivity index (χ2n) is 1.47. The fraction of sp³-hybridized carbons (Fsp3) is 0. The Morgan fingerprint density at radius 1 is 1.18 bits per heavy atom. The summed E-state index contributed by atoms with van der Waals surface area (Å²) >= 11 is 3.47. The first-order chi connectivity index (χ1) is 5.00. The number of nitrogens with zero attached hydrogens (tertiary/aromatic N) is 1. The van der Waals surface area contributed by atoms with E-state index in [1.54, 1.807) is 12.4 Å². The summed E-state index contributed by atoms with van der Waals surface area (Å²) in [5, 5.41) is 0. The van der Waals surface area contributed by atoms with Crippen molar-refractivity contribution in [3.63, 3.8) is 0 Å². The van der Waals surface area contributed by atoms with Gasteiger partial charge >= 0.3 is 0 Å². The molecule has 0 fully saturated rings. The molecule has 0 saturated carbocycles. The van der Waals surface area contributed by atoms with E-state index in [4.69, 9.17) is 13.3 Å². The fourth-order valence-electron chi connectivity index (χ4n) is 0.313. The molecule has 62 valence electrons. The first-order valence-corrected chi connectivity index (χ1v) is 4.95. The van der Waals surface area contributed by atoms with Crippen LogP contribution >= 0.6 is 0 Å². The molecule has 0 aliphatic carbocycles. The van der Waals surface area contributed by atoms with Crippen molar-refractivity contribution in [1.82, 2.24) is 4.98 Å². The van der Waals surface area contributed by atoms with Gasteiger partial charge in [0, 0.05) is 23.6 Å². The summed E-state index contributed by atoms with van der Waals surface area (Å²) in [7, 11) is -3.83. The molecule has 0 atom stereocenters. The van der Waals surface area contributed by atoms with Crippen molar-refractivity contribution in [1.29, 1.82) is 0 Å². The van der Waals surface area contributed by atoms with Crippen LogP contribution in [0.25, 0.3) is 0 Å². The van der Waals surface area contributed by atoms with Crippen molar-refractivity contribution in [3.8, 4) is 0 Å². The monoisotopic (exact) mass is 193 g/mol. The zero-order chi connectivity index (χ0) is 8.74. The number of rotatable bonds is 0. The van der Waals surface area contributed by atoms with Crippen LogP contribution in [0.3, 0.4) is 0 Å². The van der Waals surface area contributed by atoms with Crippen LogP contribution in [-0.2, 0) is 20.2 Å². The van der Waals surface area contributed by atoms with Crippen molar-refractivity contribution in [3.05, 3.63) is 30.6 Å². The van der Waals surface area contributed by atoms with E-state index >= 15 is 0 Å². The van der Waals surface area contributed by atoms with E-state index in [0.717, 1.165) is 0 Å². The molecular weight excluding hydrogens is 186 g/mol. The molecule has 4 nitrogen and oxygen atoms in total. The highest BCUT2D eigenvalue weighted by atomic mass is 32.9. The van der Waals surface area contributed by atoms with Crippen molar-refractivity contribution in [2.45, 2.75) is 0 Å². The molecule has 0 spiro atoms. The maximum absolute atomic E-state index is 9.11. The Hall–Kier alpha value is -0.560. The van der Waals surface area contributed by atoms with Gasteiger partial charge in [-0.15, -0.1) is 0 Å². The van der Waals surface area contributed by atoms with Crippen LogP contribution in [0.5, 0.6) is 0 Å². The standard InChI is InChI=1S/C5H5N.H2O3S2/c1-2-4-6-5-3-1;1-5(2,3)4/h1-5H;(H2,1,2,3,4). The maximum atomic E-state index is 9.11. The van der Waals surface area contributed by atoms with Crippen LogP contribution in [0.15, 0.2) is 30.6 Å². The minimum absolute atomic E-state index is 1.75. The Balaban J connectivity index is 0.000000187. The van der Waals surface area contributed by atoms with E-state index in [9.17, 15) is 0 Å². The van der Waals surface area contributed by atoms with Crippen molar-refractivity contribution >= 4 is 20.2 Å². The van der Waals surface area contributed by atoms with E-state index in [1.165, 1.54) is 0 Å². The second-order valence-corrected chi connectivity index (χ2v) is 3.67. The molecule has 0 aliphatic rings. The van der Waals surface area contributed by atoms with E-state index < -0.39 is 9.05 Å². The van der Waals surface area contributed by atoms with Gasteiger partial charge in [0.2, 0.25) is 0 Å². The summed E-state index contributed by atoms with van der Waals surface area (Å²) in [4.78, 5) is 3.78. The van der Waals surface area contributed by atoms with E-state index in [1.807, 2.05) is 18.2 Å². The zero-order valence-electron chi connectivity index (χ0n) is 5.45. The number of hydrogen-bond donors (Lipinski definition) is 2. The van der Waals surface area contributed by atoms with Crippen molar-refractivity contribution in [2.24, 2.45) is 0 Å². The Kier molecular flexibility index (Phi) is 4.88. The molecule has 11 heavy (non-hydrogen) atoms. The van der Waals surface area contributed by atoms with E-state index in [0.29, 0.717) is 0 Å². The lowest BCUT2D eigenvalue weighted by atomic mass is 10.5. The van der Waals surface area contributed by atoms with Gasteiger partial charge in [-0.1, -0.05) is 6.07 Å². The zero-order valence-corrected chi connectivity index (χ0v) is 7.09. The van der Waals surface area contributed by atoms with Gasteiger partial charge in [0.15, 0.2) is 0 Å². The Morgan fingerprint density at radius 3 is 1.64 bits per heavy atom. The Bertz CT molecular complexity index is 236. The minimum Gasteiger partial charge on any atom is -0.285 e. The van der Waals surface area contributed by atoms with Gasteiger partial charge in [-0.3, -0.25) is 14.1 Å². The average Bonchev–Trinajstić information content (AvgIpc) is 1.88. The smallest absolute Gasteiger partial charge is 0.263 e. The number of aromatic nitrogens is 1. The van der Waals surface area contributed by atoms with E-state index in [2.05, 4.69) is 16.2 Å². The molecule has 6 heteroatoms. The molecule has 0 unspecified atom stereocenters. The third-order valence-corrected chi connectivity index (χ3v) is 0.566. The fourth-order valence-corrected chi connectivity index (χ4v) is 0.313. The molecule has 0 saturated heterocycles. The number of hydrogen-bond acceptors (Lipinski definition) is 3. The molecule has 1 aromatic rings. The third kappa shape index (κ3) is 17.7. The summed E-state index contributed by atoms with van der Waals surface area (Å²) in [6, 6.07) is 5.72. The van der Waals surface area contributed by atoms with Gasteiger partial charge in [-0.25, -0.2) is 0 Å². The maximum Gasteiger partial charge on any atom is 0.263 e. The molecule has 1 aromatic heterocycles. The second kappa shape index (κ2) is 5.14. The van der Waals surface area contributed by atoms with Gasteiger partial charge < -0.3 is 0 Å². The van der Waals surface area contributed by atoms with Gasteiger partial charge in [-0.2, -0.15) is 4.21 Å². The average molecular weight is 193 g/mol. The SMILES string of the molecule is O=S(O)(O)=S.c1ccncc1. The minimum atomic E-state index is -3.83. The molecular formula is C5H7NO3S2. The number of pyridine rings is 1. The van der Waals surface area contributed by atoms with Gasteiger partial charge in [0.05, 0.1) is 0 Å².